The fourth-order valence-electron chi connectivity index (χ4n) is 3.13. The van der Waals surface area contributed by atoms with Crippen LogP contribution < -0.4 is 4.74 Å². The van der Waals surface area contributed by atoms with E-state index in [0.717, 1.165) is 24.3 Å². The Balaban J connectivity index is 2.22. The molecule has 0 bridgehead atoms. The van der Waals surface area contributed by atoms with Gasteiger partial charge in [0.05, 0.1) is 23.8 Å². The summed E-state index contributed by atoms with van der Waals surface area (Å²) >= 11 is 0. The minimum atomic E-state index is -4.55. The van der Waals surface area contributed by atoms with Gasteiger partial charge < -0.3 is 4.74 Å². The highest BCUT2D eigenvalue weighted by Gasteiger charge is 2.31. The van der Waals surface area contributed by atoms with Crippen LogP contribution in [0.15, 0.2) is 72.8 Å². The third-order valence-electron chi connectivity index (χ3n) is 4.74. The predicted molar refractivity (Wildman–Crippen MR) is 107 cm³/mol. The molecule has 0 saturated heterocycles. The van der Waals surface area contributed by atoms with E-state index in [-0.39, 0.29) is 22.3 Å². The molecule has 0 aliphatic rings. The molecule has 2 nitrogen and oxygen atoms in total. The molecular weight excluding hydrogens is 432 g/mol. The fourth-order valence-corrected chi connectivity index (χ4v) is 3.13. The Morgan fingerprint density at radius 1 is 0.656 bits per heavy atom. The van der Waals surface area contributed by atoms with Crippen LogP contribution in [0, 0.1) is 11.3 Å². The molecule has 0 aliphatic heterocycles. The lowest BCUT2D eigenvalue weighted by molar-refractivity contribution is -0.138. The molecule has 0 radical (unpaired) electrons. The van der Waals surface area contributed by atoms with E-state index < -0.39 is 23.5 Å². The van der Waals surface area contributed by atoms with Gasteiger partial charge in [-0.2, -0.15) is 31.6 Å². The molecule has 0 unspecified atom stereocenters. The quantitative estimate of drug-likeness (QED) is 0.240. The van der Waals surface area contributed by atoms with Crippen LogP contribution in [0.5, 0.6) is 5.75 Å². The van der Waals surface area contributed by atoms with Crippen LogP contribution in [0.2, 0.25) is 0 Å². The molecule has 8 heteroatoms. The second kappa shape index (κ2) is 8.79. The highest BCUT2D eigenvalue weighted by molar-refractivity contribution is 6.03. The molecule has 0 N–H and O–H groups in total. The molecule has 0 spiro atoms. The number of allylic oxidation sites excluding steroid dienone is 1. The molecule has 3 aromatic carbocycles. The van der Waals surface area contributed by atoms with Gasteiger partial charge in [0.25, 0.3) is 0 Å². The van der Waals surface area contributed by atoms with E-state index in [9.17, 15) is 31.6 Å². The zero-order valence-electron chi connectivity index (χ0n) is 16.6. The maximum absolute atomic E-state index is 13.0. The molecular formula is C24H15F6NO. The second-order valence-corrected chi connectivity index (χ2v) is 6.74. The van der Waals surface area contributed by atoms with Crippen molar-refractivity contribution in [1.29, 1.82) is 5.26 Å². The molecule has 32 heavy (non-hydrogen) atoms. The Morgan fingerprint density at radius 2 is 1.03 bits per heavy atom. The van der Waals surface area contributed by atoms with Gasteiger partial charge in [-0.15, -0.1) is 0 Å². The Labute approximate surface area is 180 Å². The van der Waals surface area contributed by atoms with Crippen molar-refractivity contribution in [2.45, 2.75) is 12.4 Å². The number of nitriles is 1. The number of rotatable bonds is 4. The monoisotopic (exact) mass is 447 g/mol. The van der Waals surface area contributed by atoms with Gasteiger partial charge in [-0.1, -0.05) is 24.3 Å². The minimum absolute atomic E-state index is 0.0900. The molecule has 3 rings (SSSR count). The van der Waals surface area contributed by atoms with Crippen LogP contribution in [-0.2, 0) is 12.4 Å². The van der Waals surface area contributed by atoms with Crippen LogP contribution in [0.3, 0.4) is 0 Å². The number of nitrogens with zero attached hydrogens (tertiary/aromatic N) is 1. The van der Waals surface area contributed by atoms with Crippen molar-refractivity contribution < 1.29 is 31.1 Å². The van der Waals surface area contributed by atoms with Crippen molar-refractivity contribution in [3.63, 3.8) is 0 Å². The summed E-state index contributed by atoms with van der Waals surface area (Å²) in [5.41, 5.74) is -0.516. The summed E-state index contributed by atoms with van der Waals surface area (Å²) in [6.07, 6.45) is -9.10. The first kappa shape index (κ1) is 22.9. The van der Waals surface area contributed by atoms with Gasteiger partial charge in [-0.3, -0.25) is 0 Å². The topological polar surface area (TPSA) is 33.0 Å². The molecule has 3 aromatic rings. The Morgan fingerprint density at radius 3 is 1.34 bits per heavy atom. The van der Waals surface area contributed by atoms with Crippen molar-refractivity contribution >= 4 is 11.1 Å². The SMILES string of the molecule is COc1ccc(C(C#N)=C(c2ccc(C(F)(F)F)cc2)c2ccc(C(F)(F)F)cc2)cc1. The number of halogens is 6. The van der Waals surface area contributed by atoms with Crippen molar-refractivity contribution in [3.05, 3.63) is 101 Å². The van der Waals surface area contributed by atoms with Crippen molar-refractivity contribution in [1.82, 2.24) is 0 Å². The number of hydrogen-bond donors (Lipinski definition) is 0. The van der Waals surface area contributed by atoms with E-state index in [2.05, 4.69) is 0 Å². The molecule has 0 fully saturated rings. The normalized spacial score (nSPS) is 11.6. The molecule has 0 amide bonds. The van der Waals surface area contributed by atoms with E-state index in [1.807, 2.05) is 6.07 Å². The zero-order chi connectivity index (χ0) is 23.5. The Kier molecular flexibility index (Phi) is 6.30. The van der Waals surface area contributed by atoms with Gasteiger partial charge in [0.15, 0.2) is 0 Å². The largest absolute Gasteiger partial charge is 0.497 e. The summed E-state index contributed by atoms with van der Waals surface area (Å²) in [4.78, 5) is 0. The summed E-state index contributed by atoms with van der Waals surface area (Å²) in [6.45, 7) is 0. The maximum atomic E-state index is 13.0. The Bertz CT molecular complexity index is 1090. The van der Waals surface area contributed by atoms with Gasteiger partial charge in [0, 0.05) is 5.57 Å². The first-order valence-electron chi connectivity index (χ1n) is 9.18. The highest BCUT2D eigenvalue weighted by Crippen LogP contribution is 2.37. The summed E-state index contributed by atoms with van der Waals surface area (Å²) in [5, 5.41) is 9.87. The van der Waals surface area contributed by atoms with Gasteiger partial charge in [-0.25, -0.2) is 0 Å². The first-order valence-corrected chi connectivity index (χ1v) is 9.18. The smallest absolute Gasteiger partial charge is 0.416 e. The molecule has 0 saturated carbocycles. The Hall–Kier alpha value is -3.73. The molecule has 0 aliphatic carbocycles. The van der Waals surface area contributed by atoms with Crippen LogP contribution in [0.4, 0.5) is 26.3 Å². The fraction of sp³-hybridized carbons (Fsp3) is 0.125. The summed E-state index contributed by atoms with van der Waals surface area (Å²) < 4.78 is 83.0. The minimum Gasteiger partial charge on any atom is -0.497 e. The van der Waals surface area contributed by atoms with E-state index in [0.29, 0.717) is 11.3 Å². The average Bonchev–Trinajstić information content (AvgIpc) is 2.76. The highest BCUT2D eigenvalue weighted by atomic mass is 19.4. The lowest BCUT2D eigenvalue weighted by atomic mass is 9.89. The van der Waals surface area contributed by atoms with Crippen molar-refractivity contribution in [2.75, 3.05) is 7.11 Å². The molecule has 0 heterocycles. The number of hydrogen-bond acceptors (Lipinski definition) is 2. The second-order valence-electron chi connectivity index (χ2n) is 6.74. The number of benzene rings is 3. The summed E-state index contributed by atoms with van der Waals surface area (Å²) in [5.74, 6) is 0.525. The van der Waals surface area contributed by atoms with E-state index in [4.69, 9.17) is 4.74 Å². The zero-order valence-corrected chi connectivity index (χ0v) is 16.6. The third-order valence-corrected chi connectivity index (χ3v) is 4.74. The molecule has 0 atom stereocenters. The third kappa shape index (κ3) is 4.94. The lowest BCUT2D eigenvalue weighted by Crippen LogP contribution is -2.05. The van der Waals surface area contributed by atoms with Crippen molar-refractivity contribution in [2.24, 2.45) is 0 Å². The number of ether oxygens (including phenoxy) is 1. The van der Waals surface area contributed by atoms with Gasteiger partial charge >= 0.3 is 12.4 Å². The maximum Gasteiger partial charge on any atom is 0.416 e. The van der Waals surface area contributed by atoms with Gasteiger partial charge in [0.1, 0.15) is 11.8 Å². The number of alkyl halides is 6. The van der Waals surface area contributed by atoms with Crippen LogP contribution in [0.1, 0.15) is 27.8 Å². The van der Waals surface area contributed by atoms with E-state index in [1.165, 1.54) is 31.4 Å². The lowest BCUT2D eigenvalue weighted by Gasteiger charge is -2.15. The average molecular weight is 447 g/mol. The first-order chi connectivity index (χ1) is 15.0. The summed E-state index contributed by atoms with van der Waals surface area (Å²) in [7, 11) is 1.46. The van der Waals surface area contributed by atoms with Crippen molar-refractivity contribution in [3.8, 4) is 11.8 Å². The van der Waals surface area contributed by atoms with Gasteiger partial charge in [-0.05, 0) is 65.2 Å². The standard InChI is InChI=1S/C24H15F6NO/c1-32-20-12-6-15(7-13-20)21(14-31)22(16-2-8-18(9-3-16)23(25,26)27)17-4-10-19(11-5-17)24(28,29)30/h2-13H,1H3. The van der Waals surface area contributed by atoms with E-state index in [1.54, 1.807) is 24.3 Å². The van der Waals surface area contributed by atoms with Crippen LogP contribution in [0.25, 0.3) is 11.1 Å². The molecule has 164 valence electrons. The van der Waals surface area contributed by atoms with Crippen LogP contribution >= 0.6 is 0 Å². The number of methoxy groups -OCH3 is 1. The van der Waals surface area contributed by atoms with Gasteiger partial charge in [0.2, 0.25) is 0 Å². The van der Waals surface area contributed by atoms with E-state index >= 15 is 0 Å². The summed E-state index contributed by atoms with van der Waals surface area (Å²) in [6, 6.07) is 16.6. The van der Waals surface area contributed by atoms with Crippen LogP contribution in [-0.4, -0.2) is 7.11 Å². The molecule has 0 aromatic heterocycles. The predicted octanol–water partition coefficient (Wildman–Crippen LogP) is 7.22.